The van der Waals surface area contributed by atoms with Crippen molar-refractivity contribution >= 4 is 23.2 Å². The summed E-state index contributed by atoms with van der Waals surface area (Å²) in [5, 5.41) is 4.24. The van der Waals surface area contributed by atoms with Gasteiger partial charge in [-0.2, -0.15) is 13.2 Å². The molecular formula is C16H11F3N2O4. The third-order valence-electron chi connectivity index (χ3n) is 3.32. The van der Waals surface area contributed by atoms with Crippen molar-refractivity contribution in [2.45, 2.75) is 6.18 Å². The highest BCUT2D eigenvalue weighted by Gasteiger charge is 2.34. The van der Waals surface area contributed by atoms with Gasteiger partial charge in [0.2, 0.25) is 6.79 Å². The summed E-state index contributed by atoms with van der Waals surface area (Å²) in [6, 6.07) is 8.83. The molecule has 6 nitrogen and oxygen atoms in total. The van der Waals surface area contributed by atoms with Crippen LogP contribution >= 0.6 is 0 Å². The SMILES string of the molecule is O=C(Nc1ccc2c(c1)OCO2)C(=O)Nc1ccccc1C(F)(F)F. The summed E-state index contributed by atoms with van der Waals surface area (Å²) < 4.78 is 48.9. The number of rotatable bonds is 2. The molecule has 0 radical (unpaired) electrons. The summed E-state index contributed by atoms with van der Waals surface area (Å²) in [6.07, 6.45) is -4.66. The molecule has 9 heteroatoms. The summed E-state index contributed by atoms with van der Waals surface area (Å²) >= 11 is 0. The molecule has 0 aromatic heterocycles. The molecule has 2 amide bonds. The highest BCUT2D eigenvalue weighted by atomic mass is 19.4. The Labute approximate surface area is 139 Å². The molecule has 2 aromatic rings. The Morgan fingerprint density at radius 2 is 1.60 bits per heavy atom. The predicted octanol–water partition coefficient (Wildman–Crippen LogP) is 3.01. The van der Waals surface area contributed by atoms with E-state index in [4.69, 9.17) is 9.47 Å². The smallest absolute Gasteiger partial charge is 0.418 e. The molecule has 3 rings (SSSR count). The first-order valence-corrected chi connectivity index (χ1v) is 7.03. The van der Waals surface area contributed by atoms with Gasteiger partial charge >= 0.3 is 18.0 Å². The number of hydrogen-bond donors (Lipinski definition) is 2. The van der Waals surface area contributed by atoms with E-state index in [-0.39, 0.29) is 12.5 Å². The number of para-hydroxylation sites is 1. The number of alkyl halides is 3. The van der Waals surface area contributed by atoms with Crippen LogP contribution in [0.25, 0.3) is 0 Å². The number of halogens is 3. The van der Waals surface area contributed by atoms with Gasteiger partial charge in [0.05, 0.1) is 11.3 Å². The van der Waals surface area contributed by atoms with Gasteiger partial charge in [-0.3, -0.25) is 9.59 Å². The van der Waals surface area contributed by atoms with E-state index in [9.17, 15) is 22.8 Å². The highest BCUT2D eigenvalue weighted by molar-refractivity contribution is 6.43. The van der Waals surface area contributed by atoms with Crippen molar-refractivity contribution in [2.24, 2.45) is 0 Å². The van der Waals surface area contributed by atoms with Gasteiger partial charge in [-0.15, -0.1) is 0 Å². The van der Waals surface area contributed by atoms with Crippen LogP contribution in [-0.2, 0) is 15.8 Å². The minimum Gasteiger partial charge on any atom is -0.454 e. The second-order valence-corrected chi connectivity index (χ2v) is 5.02. The second-order valence-electron chi connectivity index (χ2n) is 5.02. The van der Waals surface area contributed by atoms with Gasteiger partial charge in [0.15, 0.2) is 11.5 Å². The first-order valence-electron chi connectivity index (χ1n) is 7.03. The first kappa shape index (κ1) is 16.6. The Hall–Kier alpha value is -3.23. The summed E-state index contributed by atoms with van der Waals surface area (Å²) in [5.41, 5.74) is -1.30. The maximum absolute atomic E-state index is 12.9. The molecule has 2 N–H and O–H groups in total. The molecular weight excluding hydrogens is 341 g/mol. The Morgan fingerprint density at radius 3 is 2.36 bits per heavy atom. The zero-order chi connectivity index (χ0) is 18.0. The van der Waals surface area contributed by atoms with Gasteiger partial charge < -0.3 is 20.1 Å². The standard InChI is InChI=1S/C16H11F3N2O4/c17-16(18,19)10-3-1-2-4-11(10)21-15(23)14(22)20-9-5-6-12-13(7-9)25-8-24-12/h1-7H,8H2,(H,20,22)(H,21,23). The van der Waals surface area contributed by atoms with Crippen LogP contribution in [0.1, 0.15) is 5.56 Å². The van der Waals surface area contributed by atoms with Crippen LogP contribution in [0, 0.1) is 0 Å². The van der Waals surface area contributed by atoms with E-state index >= 15 is 0 Å². The van der Waals surface area contributed by atoms with Crippen molar-refractivity contribution < 1.29 is 32.2 Å². The molecule has 0 fully saturated rings. The topological polar surface area (TPSA) is 76.7 Å². The van der Waals surface area contributed by atoms with Crippen LogP contribution in [0.5, 0.6) is 11.5 Å². The number of carbonyl (C=O) groups excluding carboxylic acids is 2. The number of carbonyl (C=O) groups is 2. The molecule has 0 aliphatic carbocycles. The molecule has 1 heterocycles. The molecule has 0 spiro atoms. The summed E-state index contributed by atoms with van der Waals surface area (Å²) in [4.78, 5) is 23.8. The average Bonchev–Trinajstić information content (AvgIpc) is 3.02. The fourth-order valence-electron chi connectivity index (χ4n) is 2.18. The van der Waals surface area contributed by atoms with Crippen LogP contribution in [0.2, 0.25) is 0 Å². The van der Waals surface area contributed by atoms with Crippen molar-refractivity contribution in [3.8, 4) is 11.5 Å². The minimum atomic E-state index is -4.66. The number of benzene rings is 2. The Morgan fingerprint density at radius 1 is 0.920 bits per heavy atom. The quantitative estimate of drug-likeness (QED) is 0.815. The van der Waals surface area contributed by atoms with Crippen molar-refractivity contribution in [3.63, 3.8) is 0 Å². The molecule has 2 aromatic carbocycles. The normalized spacial score (nSPS) is 12.6. The molecule has 0 saturated carbocycles. The zero-order valence-corrected chi connectivity index (χ0v) is 12.5. The molecule has 0 atom stereocenters. The van der Waals surface area contributed by atoms with E-state index in [2.05, 4.69) is 5.32 Å². The molecule has 130 valence electrons. The monoisotopic (exact) mass is 352 g/mol. The maximum atomic E-state index is 12.9. The van der Waals surface area contributed by atoms with Crippen molar-refractivity contribution in [1.82, 2.24) is 0 Å². The lowest BCUT2D eigenvalue weighted by Gasteiger charge is -2.13. The number of ether oxygens (including phenoxy) is 2. The van der Waals surface area contributed by atoms with E-state index in [0.29, 0.717) is 11.5 Å². The first-order chi connectivity index (χ1) is 11.8. The predicted molar refractivity (Wildman–Crippen MR) is 81.3 cm³/mol. The summed E-state index contributed by atoms with van der Waals surface area (Å²) in [7, 11) is 0. The second kappa shape index (κ2) is 6.34. The third-order valence-corrected chi connectivity index (χ3v) is 3.32. The van der Waals surface area contributed by atoms with Gasteiger partial charge in [0.1, 0.15) is 0 Å². The van der Waals surface area contributed by atoms with E-state index < -0.39 is 29.2 Å². The number of fused-ring (bicyclic) bond motifs is 1. The largest absolute Gasteiger partial charge is 0.454 e. The van der Waals surface area contributed by atoms with Gasteiger partial charge in [0, 0.05) is 11.8 Å². The van der Waals surface area contributed by atoms with E-state index in [1.165, 1.54) is 30.3 Å². The van der Waals surface area contributed by atoms with Crippen LogP contribution in [-0.4, -0.2) is 18.6 Å². The van der Waals surface area contributed by atoms with Gasteiger partial charge in [0.25, 0.3) is 0 Å². The average molecular weight is 352 g/mol. The fraction of sp³-hybridized carbons (Fsp3) is 0.125. The Kier molecular flexibility index (Phi) is 4.22. The molecule has 25 heavy (non-hydrogen) atoms. The summed E-state index contributed by atoms with van der Waals surface area (Å²) in [5.74, 6) is -1.47. The minimum absolute atomic E-state index is 0.0431. The molecule has 0 saturated heterocycles. The molecule has 1 aliphatic heterocycles. The lowest BCUT2D eigenvalue weighted by Crippen LogP contribution is -2.30. The fourth-order valence-corrected chi connectivity index (χ4v) is 2.18. The Balaban J connectivity index is 1.71. The van der Waals surface area contributed by atoms with E-state index in [0.717, 1.165) is 12.1 Å². The summed E-state index contributed by atoms with van der Waals surface area (Å²) in [6.45, 7) is 0.0431. The van der Waals surface area contributed by atoms with Crippen LogP contribution in [0.4, 0.5) is 24.5 Å². The highest BCUT2D eigenvalue weighted by Crippen LogP contribution is 2.35. The number of amides is 2. The maximum Gasteiger partial charge on any atom is 0.418 e. The lowest BCUT2D eigenvalue weighted by atomic mass is 10.1. The lowest BCUT2D eigenvalue weighted by molar-refractivity contribution is -0.137. The number of hydrogen-bond acceptors (Lipinski definition) is 4. The number of anilines is 2. The third kappa shape index (κ3) is 3.65. The number of nitrogens with one attached hydrogen (secondary N) is 2. The molecule has 0 bridgehead atoms. The van der Waals surface area contributed by atoms with Gasteiger partial charge in [-0.25, -0.2) is 0 Å². The molecule has 0 unspecified atom stereocenters. The zero-order valence-electron chi connectivity index (χ0n) is 12.5. The van der Waals surface area contributed by atoms with Crippen LogP contribution < -0.4 is 20.1 Å². The van der Waals surface area contributed by atoms with Crippen LogP contribution in [0.3, 0.4) is 0 Å². The molecule has 1 aliphatic rings. The van der Waals surface area contributed by atoms with E-state index in [1.807, 2.05) is 5.32 Å². The van der Waals surface area contributed by atoms with Crippen molar-refractivity contribution in [2.75, 3.05) is 17.4 Å². The van der Waals surface area contributed by atoms with Crippen molar-refractivity contribution in [1.29, 1.82) is 0 Å². The Bertz CT molecular complexity index is 836. The van der Waals surface area contributed by atoms with E-state index in [1.54, 1.807) is 0 Å². The van der Waals surface area contributed by atoms with Gasteiger partial charge in [-0.1, -0.05) is 12.1 Å². The van der Waals surface area contributed by atoms with Gasteiger partial charge in [-0.05, 0) is 24.3 Å². The van der Waals surface area contributed by atoms with Crippen molar-refractivity contribution in [3.05, 3.63) is 48.0 Å². The van der Waals surface area contributed by atoms with Crippen LogP contribution in [0.15, 0.2) is 42.5 Å².